The van der Waals surface area contributed by atoms with Crippen LogP contribution < -0.4 is 4.72 Å². The smallest absolute Gasteiger partial charge is 0.289 e. The Hall–Kier alpha value is -1.38. The highest BCUT2D eigenvalue weighted by Gasteiger charge is 2.27. The average molecular weight is 346 g/mol. The molecule has 0 spiro atoms. The zero-order chi connectivity index (χ0) is 17.7. The van der Waals surface area contributed by atoms with E-state index in [0.29, 0.717) is 6.54 Å². The van der Waals surface area contributed by atoms with E-state index in [1.807, 2.05) is 6.92 Å². The summed E-state index contributed by atoms with van der Waals surface area (Å²) in [5.41, 5.74) is -0.653. The van der Waals surface area contributed by atoms with Crippen molar-refractivity contribution in [1.29, 1.82) is 0 Å². The van der Waals surface area contributed by atoms with Gasteiger partial charge in [0.05, 0.1) is 6.61 Å². The number of hydrogen-bond donors (Lipinski definition) is 2. The highest BCUT2D eigenvalue weighted by Crippen LogP contribution is 2.18. The predicted molar refractivity (Wildman–Crippen MR) is 86.7 cm³/mol. The molecule has 8 heteroatoms. The van der Waals surface area contributed by atoms with E-state index in [-0.39, 0.29) is 24.0 Å². The van der Waals surface area contributed by atoms with Gasteiger partial charge in [-0.05, 0) is 39.3 Å². The Kier molecular flexibility index (Phi) is 6.79. The van der Waals surface area contributed by atoms with E-state index < -0.39 is 21.5 Å². The van der Waals surface area contributed by atoms with E-state index in [4.69, 9.17) is 9.52 Å². The fourth-order valence-corrected chi connectivity index (χ4v) is 3.33. The van der Waals surface area contributed by atoms with Gasteiger partial charge in [0.25, 0.3) is 15.9 Å². The third kappa shape index (κ3) is 5.96. The number of sulfonamides is 1. The number of nitrogens with zero attached hydrogens (tertiary/aromatic N) is 1. The van der Waals surface area contributed by atoms with Crippen LogP contribution in [0.5, 0.6) is 0 Å². The van der Waals surface area contributed by atoms with E-state index in [9.17, 15) is 13.2 Å². The van der Waals surface area contributed by atoms with E-state index in [1.165, 1.54) is 17.0 Å². The summed E-state index contributed by atoms with van der Waals surface area (Å²) in [4.78, 5) is 13.8. The predicted octanol–water partition coefficient (Wildman–Crippen LogP) is 1.59. The SMILES string of the molecule is CCCCN(CCO)C(=O)c1ccc(S(=O)(=O)NC(C)(C)C)o1. The largest absolute Gasteiger partial charge is 0.438 e. The molecule has 1 rings (SSSR count). The maximum absolute atomic E-state index is 12.4. The van der Waals surface area contributed by atoms with Crippen LogP contribution in [0.4, 0.5) is 0 Å². The Bertz CT molecular complexity index is 616. The maximum atomic E-state index is 12.4. The fourth-order valence-electron chi connectivity index (χ4n) is 1.97. The third-order valence-corrected chi connectivity index (χ3v) is 4.57. The van der Waals surface area contributed by atoms with Crippen LogP contribution in [0.2, 0.25) is 0 Å². The molecule has 0 aromatic carbocycles. The van der Waals surface area contributed by atoms with E-state index in [2.05, 4.69) is 4.72 Å². The van der Waals surface area contributed by atoms with Gasteiger partial charge >= 0.3 is 0 Å². The fraction of sp³-hybridized carbons (Fsp3) is 0.667. The van der Waals surface area contributed by atoms with E-state index >= 15 is 0 Å². The van der Waals surface area contributed by atoms with Gasteiger partial charge in [0.15, 0.2) is 5.76 Å². The van der Waals surface area contributed by atoms with Crippen molar-refractivity contribution in [3.63, 3.8) is 0 Å². The molecule has 0 aliphatic heterocycles. The molecule has 0 bridgehead atoms. The van der Waals surface area contributed by atoms with Crippen LogP contribution in [0, 0.1) is 0 Å². The van der Waals surface area contributed by atoms with Gasteiger partial charge in [-0.1, -0.05) is 13.3 Å². The summed E-state index contributed by atoms with van der Waals surface area (Å²) in [5, 5.41) is 8.77. The number of amides is 1. The summed E-state index contributed by atoms with van der Waals surface area (Å²) in [5.74, 6) is -0.478. The Morgan fingerprint density at radius 3 is 2.48 bits per heavy atom. The number of unbranched alkanes of at least 4 members (excludes halogenated alkanes) is 1. The number of carbonyl (C=O) groups excluding carboxylic acids is 1. The molecule has 0 atom stereocenters. The molecule has 0 fully saturated rings. The lowest BCUT2D eigenvalue weighted by molar-refractivity contribution is 0.0682. The number of furan rings is 1. The molecule has 0 saturated carbocycles. The van der Waals surface area contributed by atoms with Crippen molar-refractivity contribution in [2.75, 3.05) is 19.7 Å². The minimum absolute atomic E-state index is 0.0520. The normalized spacial score (nSPS) is 12.4. The second-order valence-electron chi connectivity index (χ2n) is 6.34. The van der Waals surface area contributed by atoms with Crippen molar-refractivity contribution in [3.8, 4) is 0 Å². The van der Waals surface area contributed by atoms with Crippen LogP contribution in [0.1, 0.15) is 51.1 Å². The lowest BCUT2D eigenvalue weighted by Crippen LogP contribution is -2.40. The molecule has 7 nitrogen and oxygen atoms in total. The number of aliphatic hydroxyl groups excluding tert-OH is 1. The zero-order valence-electron chi connectivity index (χ0n) is 14.1. The molecule has 1 aromatic heterocycles. The van der Waals surface area contributed by atoms with Crippen LogP contribution in [-0.4, -0.2) is 49.6 Å². The van der Waals surface area contributed by atoms with Gasteiger partial charge < -0.3 is 14.4 Å². The molecule has 0 aliphatic rings. The van der Waals surface area contributed by atoms with Crippen molar-refractivity contribution in [3.05, 3.63) is 17.9 Å². The van der Waals surface area contributed by atoms with E-state index in [0.717, 1.165) is 12.8 Å². The summed E-state index contributed by atoms with van der Waals surface area (Å²) < 4.78 is 32.1. The minimum Gasteiger partial charge on any atom is -0.438 e. The second-order valence-corrected chi connectivity index (χ2v) is 7.96. The number of carbonyl (C=O) groups is 1. The van der Waals surface area contributed by atoms with Crippen LogP contribution in [0.3, 0.4) is 0 Å². The second kappa shape index (κ2) is 7.94. The maximum Gasteiger partial charge on any atom is 0.289 e. The zero-order valence-corrected chi connectivity index (χ0v) is 14.9. The topological polar surface area (TPSA) is 99.9 Å². The molecule has 132 valence electrons. The standard InChI is InChI=1S/C15H26N2O5S/c1-5-6-9-17(10-11-18)14(19)12-7-8-13(22-12)23(20,21)16-15(2,3)4/h7-8,16,18H,5-6,9-11H2,1-4H3. The molecule has 0 radical (unpaired) electrons. The number of rotatable bonds is 8. The highest BCUT2D eigenvalue weighted by atomic mass is 32.2. The van der Waals surface area contributed by atoms with Gasteiger partial charge in [-0.3, -0.25) is 4.79 Å². The molecule has 1 aromatic rings. The van der Waals surface area contributed by atoms with Crippen LogP contribution in [0.25, 0.3) is 0 Å². The molecule has 23 heavy (non-hydrogen) atoms. The van der Waals surface area contributed by atoms with Crippen molar-refractivity contribution in [2.24, 2.45) is 0 Å². The Morgan fingerprint density at radius 1 is 1.30 bits per heavy atom. The summed E-state index contributed by atoms with van der Waals surface area (Å²) in [6.45, 7) is 7.65. The summed E-state index contributed by atoms with van der Waals surface area (Å²) in [7, 11) is -3.82. The first-order valence-electron chi connectivity index (χ1n) is 7.64. The van der Waals surface area contributed by atoms with Crippen molar-refractivity contribution >= 4 is 15.9 Å². The first kappa shape index (κ1) is 19.7. The van der Waals surface area contributed by atoms with Crippen LogP contribution in [-0.2, 0) is 10.0 Å². The number of aliphatic hydroxyl groups is 1. The van der Waals surface area contributed by atoms with Crippen molar-refractivity contribution in [1.82, 2.24) is 9.62 Å². The Balaban J connectivity index is 2.95. The molecular weight excluding hydrogens is 320 g/mol. The molecular formula is C15H26N2O5S. The third-order valence-electron chi connectivity index (χ3n) is 2.94. The molecule has 0 unspecified atom stereocenters. The summed E-state index contributed by atoms with van der Waals surface area (Å²) >= 11 is 0. The number of nitrogens with one attached hydrogen (secondary N) is 1. The van der Waals surface area contributed by atoms with Gasteiger partial charge in [-0.25, -0.2) is 13.1 Å². The van der Waals surface area contributed by atoms with Gasteiger partial charge in [0, 0.05) is 18.6 Å². The minimum atomic E-state index is -3.82. The van der Waals surface area contributed by atoms with Crippen molar-refractivity contribution in [2.45, 2.75) is 51.2 Å². The summed E-state index contributed by atoms with van der Waals surface area (Å²) in [6.07, 6.45) is 1.70. The lowest BCUT2D eigenvalue weighted by atomic mass is 10.1. The Morgan fingerprint density at radius 2 is 1.96 bits per heavy atom. The van der Waals surface area contributed by atoms with E-state index in [1.54, 1.807) is 20.8 Å². The van der Waals surface area contributed by atoms with Gasteiger partial charge in [-0.15, -0.1) is 0 Å². The lowest BCUT2D eigenvalue weighted by Gasteiger charge is -2.20. The van der Waals surface area contributed by atoms with Gasteiger partial charge in [0.1, 0.15) is 0 Å². The van der Waals surface area contributed by atoms with Crippen LogP contribution in [0.15, 0.2) is 21.6 Å². The molecule has 2 N–H and O–H groups in total. The average Bonchev–Trinajstić information content (AvgIpc) is 2.90. The van der Waals surface area contributed by atoms with Gasteiger partial charge in [-0.2, -0.15) is 0 Å². The highest BCUT2D eigenvalue weighted by molar-refractivity contribution is 7.89. The van der Waals surface area contributed by atoms with Gasteiger partial charge in [0.2, 0.25) is 5.09 Å². The molecule has 1 heterocycles. The number of hydrogen-bond acceptors (Lipinski definition) is 5. The first-order valence-corrected chi connectivity index (χ1v) is 9.13. The summed E-state index contributed by atoms with van der Waals surface area (Å²) in [6, 6.07) is 2.61. The van der Waals surface area contributed by atoms with Crippen molar-refractivity contribution < 1.29 is 22.7 Å². The molecule has 1 amide bonds. The van der Waals surface area contributed by atoms with Crippen LogP contribution >= 0.6 is 0 Å². The quantitative estimate of drug-likeness (QED) is 0.744. The monoisotopic (exact) mass is 346 g/mol. The molecule has 0 saturated heterocycles. The molecule has 0 aliphatic carbocycles. The Labute approximate surface area is 137 Å². The first-order chi connectivity index (χ1) is 10.6.